The fraction of sp³-hybridized carbons (Fsp3) is 0.182. The van der Waals surface area contributed by atoms with Gasteiger partial charge < -0.3 is 9.84 Å². The van der Waals surface area contributed by atoms with E-state index in [0.717, 1.165) is 0 Å². The maximum atomic E-state index is 10.9. The monoisotopic (exact) mass is 389 g/mol. The highest BCUT2D eigenvalue weighted by Crippen LogP contribution is 2.35. The highest BCUT2D eigenvalue weighted by molar-refractivity contribution is 9.11. The Hall–Kier alpha value is -1.41. The molecule has 0 radical (unpaired) electrons. The van der Waals surface area contributed by atoms with Gasteiger partial charge in [0.25, 0.3) is 0 Å². The van der Waals surface area contributed by atoms with E-state index < -0.39 is 5.97 Å². The molecule has 0 fully saturated rings. The number of aromatic nitrogens is 3. The molecule has 8 heteroatoms. The molecule has 19 heavy (non-hydrogen) atoms. The van der Waals surface area contributed by atoms with Crippen LogP contribution in [0.15, 0.2) is 27.4 Å². The van der Waals surface area contributed by atoms with E-state index in [-0.39, 0.29) is 12.2 Å². The van der Waals surface area contributed by atoms with Gasteiger partial charge in [-0.05, 0) is 44.0 Å². The Kier molecular flexibility index (Phi) is 4.20. The van der Waals surface area contributed by atoms with Crippen molar-refractivity contribution >= 4 is 37.8 Å². The minimum absolute atomic E-state index is 0.171. The summed E-state index contributed by atoms with van der Waals surface area (Å²) in [6.07, 6.45) is 1.44. The van der Waals surface area contributed by atoms with Gasteiger partial charge in [0.15, 0.2) is 5.82 Å². The SMILES string of the molecule is Cn1ncnc1COc1c(Br)cc(C(=O)O)cc1Br. The molecule has 0 spiro atoms. The lowest BCUT2D eigenvalue weighted by Crippen LogP contribution is -2.05. The van der Waals surface area contributed by atoms with Gasteiger partial charge in [-0.15, -0.1) is 0 Å². The summed E-state index contributed by atoms with van der Waals surface area (Å²) < 4.78 is 8.34. The van der Waals surface area contributed by atoms with E-state index >= 15 is 0 Å². The number of rotatable bonds is 4. The molecule has 1 N–H and O–H groups in total. The van der Waals surface area contributed by atoms with Crippen LogP contribution in [0.5, 0.6) is 5.75 Å². The van der Waals surface area contributed by atoms with Crippen molar-refractivity contribution in [3.63, 3.8) is 0 Å². The van der Waals surface area contributed by atoms with E-state index in [1.54, 1.807) is 11.7 Å². The molecule has 0 unspecified atom stereocenters. The van der Waals surface area contributed by atoms with Crippen LogP contribution in [0.3, 0.4) is 0 Å². The Balaban J connectivity index is 2.21. The summed E-state index contributed by atoms with van der Waals surface area (Å²) >= 11 is 6.58. The molecule has 2 aromatic rings. The number of hydrogen-bond acceptors (Lipinski definition) is 4. The molecule has 100 valence electrons. The second kappa shape index (κ2) is 5.70. The van der Waals surface area contributed by atoms with E-state index in [9.17, 15) is 4.79 Å². The normalized spacial score (nSPS) is 10.5. The van der Waals surface area contributed by atoms with Gasteiger partial charge in [0.1, 0.15) is 18.7 Å². The average Bonchev–Trinajstić information content (AvgIpc) is 2.73. The third-order valence-electron chi connectivity index (χ3n) is 2.40. The first-order valence-corrected chi connectivity index (χ1v) is 6.75. The van der Waals surface area contributed by atoms with E-state index in [2.05, 4.69) is 41.9 Å². The van der Waals surface area contributed by atoms with Crippen molar-refractivity contribution in [3.05, 3.63) is 38.8 Å². The fourth-order valence-corrected chi connectivity index (χ4v) is 2.82. The second-order valence-electron chi connectivity index (χ2n) is 3.66. The number of nitrogens with zero attached hydrogens (tertiary/aromatic N) is 3. The molecule has 6 nitrogen and oxygen atoms in total. The van der Waals surface area contributed by atoms with Gasteiger partial charge in [0, 0.05) is 7.05 Å². The zero-order chi connectivity index (χ0) is 14.0. The maximum absolute atomic E-state index is 10.9. The van der Waals surface area contributed by atoms with Gasteiger partial charge in [-0.3, -0.25) is 4.68 Å². The third-order valence-corrected chi connectivity index (χ3v) is 3.57. The molecule has 0 atom stereocenters. The Morgan fingerprint density at radius 3 is 2.53 bits per heavy atom. The lowest BCUT2D eigenvalue weighted by molar-refractivity contribution is 0.0696. The Labute approximate surface area is 125 Å². The van der Waals surface area contributed by atoms with E-state index in [4.69, 9.17) is 9.84 Å². The zero-order valence-corrected chi connectivity index (χ0v) is 13.0. The molecule has 0 aliphatic rings. The summed E-state index contributed by atoms with van der Waals surface area (Å²) in [4.78, 5) is 14.9. The number of halogens is 2. The number of aryl methyl sites for hydroxylation is 1. The van der Waals surface area contributed by atoms with Crippen molar-refractivity contribution in [1.29, 1.82) is 0 Å². The first-order valence-electron chi connectivity index (χ1n) is 5.17. The molecule has 0 aliphatic heterocycles. The highest BCUT2D eigenvalue weighted by Gasteiger charge is 2.13. The van der Waals surface area contributed by atoms with Gasteiger partial charge >= 0.3 is 5.97 Å². The largest absolute Gasteiger partial charge is 0.483 e. The van der Waals surface area contributed by atoms with Gasteiger partial charge in [0.05, 0.1) is 14.5 Å². The number of benzene rings is 1. The summed E-state index contributed by atoms with van der Waals surface area (Å²) in [5, 5.41) is 12.9. The minimum atomic E-state index is -0.999. The molecule has 1 aromatic carbocycles. The molecular formula is C11H9Br2N3O3. The molecule has 2 rings (SSSR count). The first-order chi connectivity index (χ1) is 8.99. The minimum Gasteiger partial charge on any atom is -0.483 e. The quantitative estimate of drug-likeness (QED) is 0.868. The van der Waals surface area contributed by atoms with Crippen molar-refractivity contribution in [1.82, 2.24) is 14.8 Å². The third kappa shape index (κ3) is 3.13. The first kappa shape index (κ1) is 14.0. The lowest BCUT2D eigenvalue weighted by atomic mass is 10.2. The Bertz CT molecular complexity index is 604. The number of carboxylic acids is 1. The molecule has 0 saturated heterocycles. The van der Waals surface area contributed by atoms with Crippen molar-refractivity contribution in [3.8, 4) is 5.75 Å². The molecule has 0 bridgehead atoms. The maximum Gasteiger partial charge on any atom is 0.335 e. The summed E-state index contributed by atoms with van der Waals surface area (Å²) in [5.41, 5.74) is 0.171. The number of hydrogen-bond donors (Lipinski definition) is 1. The van der Waals surface area contributed by atoms with Crippen molar-refractivity contribution in [2.45, 2.75) is 6.61 Å². The summed E-state index contributed by atoms with van der Waals surface area (Å²) in [6.45, 7) is 0.236. The van der Waals surface area contributed by atoms with Crippen LogP contribution < -0.4 is 4.74 Å². The summed E-state index contributed by atoms with van der Waals surface area (Å²) in [7, 11) is 1.77. The van der Waals surface area contributed by atoms with Crippen molar-refractivity contribution in [2.24, 2.45) is 7.05 Å². The van der Waals surface area contributed by atoms with Crippen molar-refractivity contribution < 1.29 is 14.6 Å². The topological polar surface area (TPSA) is 77.2 Å². The fourth-order valence-electron chi connectivity index (χ4n) is 1.41. The van der Waals surface area contributed by atoms with Gasteiger partial charge in [0.2, 0.25) is 0 Å². The highest BCUT2D eigenvalue weighted by atomic mass is 79.9. The van der Waals surface area contributed by atoms with Crippen LogP contribution >= 0.6 is 31.9 Å². The summed E-state index contributed by atoms with van der Waals surface area (Å²) in [6, 6.07) is 2.97. The number of ether oxygens (including phenoxy) is 1. The summed E-state index contributed by atoms with van der Waals surface area (Å²) in [5.74, 6) is 0.190. The molecular weight excluding hydrogens is 382 g/mol. The van der Waals surface area contributed by atoms with Crippen molar-refractivity contribution in [2.75, 3.05) is 0 Å². The van der Waals surface area contributed by atoms with Crippen LogP contribution in [0, 0.1) is 0 Å². The molecule has 0 aliphatic carbocycles. The predicted octanol–water partition coefficient (Wildman–Crippen LogP) is 2.62. The van der Waals surface area contributed by atoms with E-state index in [1.807, 2.05) is 0 Å². The standard InChI is InChI=1S/C11H9Br2N3O3/c1-16-9(14-5-15-16)4-19-10-7(12)2-6(11(17)18)3-8(10)13/h2-3,5H,4H2,1H3,(H,17,18). The van der Waals surface area contributed by atoms with Crippen LogP contribution in [0.25, 0.3) is 0 Å². The van der Waals surface area contributed by atoms with Crippen LogP contribution in [0.4, 0.5) is 0 Å². The predicted molar refractivity (Wildman–Crippen MR) is 74.1 cm³/mol. The van der Waals surface area contributed by atoms with Crippen LogP contribution in [0.1, 0.15) is 16.2 Å². The molecule has 0 amide bonds. The Morgan fingerprint density at radius 2 is 2.05 bits per heavy atom. The van der Waals surface area contributed by atoms with Gasteiger partial charge in [-0.1, -0.05) is 0 Å². The van der Waals surface area contributed by atoms with Crippen LogP contribution in [-0.4, -0.2) is 25.8 Å². The van der Waals surface area contributed by atoms with Crippen LogP contribution in [-0.2, 0) is 13.7 Å². The molecule has 1 aromatic heterocycles. The number of carbonyl (C=O) groups is 1. The van der Waals surface area contributed by atoms with E-state index in [0.29, 0.717) is 20.5 Å². The number of aromatic carboxylic acids is 1. The zero-order valence-electron chi connectivity index (χ0n) is 9.80. The average molecular weight is 391 g/mol. The smallest absolute Gasteiger partial charge is 0.335 e. The van der Waals surface area contributed by atoms with Crippen LogP contribution in [0.2, 0.25) is 0 Å². The molecule has 1 heterocycles. The van der Waals surface area contributed by atoms with Gasteiger partial charge in [-0.2, -0.15) is 5.10 Å². The Morgan fingerprint density at radius 1 is 1.42 bits per heavy atom. The second-order valence-corrected chi connectivity index (χ2v) is 5.37. The lowest BCUT2D eigenvalue weighted by Gasteiger charge is -2.10. The van der Waals surface area contributed by atoms with E-state index in [1.165, 1.54) is 18.5 Å². The van der Waals surface area contributed by atoms with Gasteiger partial charge in [-0.25, -0.2) is 9.78 Å². The number of carboxylic acid groups (broad SMARTS) is 1. The molecule has 0 saturated carbocycles.